The van der Waals surface area contributed by atoms with Gasteiger partial charge >= 0.3 is 6.18 Å². The number of fused-ring (bicyclic) bond motifs is 1. The van der Waals surface area contributed by atoms with Crippen molar-refractivity contribution in [3.8, 4) is 0 Å². The highest BCUT2D eigenvalue weighted by molar-refractivity contribution is 6.31. The van der Waals surface area contributed by atoms with Gasteiger partial charge in [0, 0.05) is 74.0 Å². The smallest absolute Gasteiger partial charge is 0.343 e. The van der Waals surface area contributed by atoms with Gasteiger partial charge in [0.2, 0.25) is 65.0 Å². The van der Waals surface area contributed by atoms with Crippen LogP contribution in [0.25, 0.3) is 0 Å². The molecule has 0 aromatic heterocycles. The summed E-state index contributed by atoms with van der Waals surface area (Å²) in [4.78, 5) is 171. The molecule has 90 heavy (non-hydrogen) atoms. The van der Waals surface area contributed by atoms with Crippen molar-refractivity contribution in [3.05, 3.63) is 64.7 Å². The number of likely N-dealkylation sites (N-methyl/N-ethyl adjacent to an activating group) is 7. The van der Waals surface area contributed by atoms with Crippen molar-refractivity contribution in [1.82, 2.24) is 49.8 Å². The number of carbonyl (C=O) groups is 11. The molecule has 11 amide bonds. The zero-order valence-corrected chi connectivity index (χ0v) is 55.2. The highest BCUT2D eigenvalue weighted by Crippen LogP contribution is 2.38. The molecule has 0 bridgehead atoms. The lowest BCUT2D eigenvalue weighted by Crippen LogP contribution is -2.65. The lowest BCUT2D eigenvalue weighted by Gasteiger charge is -2.46. The van der Waals surface area contributed by atoms with Crippen molar-refractivity contribution in [3.63, 3.8) is 0 Å². The molecular weight excluding hydrogens is 1190 g/mol. The highest BCUT2D eigenvalue weighted by atomic mass is 35.5. The Morgan fingerprint density at radius 3 is 1.76 bits per heavy atom. The summed E-state index contributed by atoms with van der Waals surface area (Å²) >= 11 is 6.13. The first-order valence-corrected chi connectivity index (χ1v) is 31.4. The zero-order chi connectivity index (χ0) is 67.2. The second-order valence-electron chi connectivity index (χ2n) is 25.6. The molecular formula is C64H91ClF3N11O11. The number of anilines is 1. The number of halogens is 4. The van der Waals surface area contributed by atoms with Crippen molar-refractivity contribution in [2.45, 2.75) is 179 Å². The van der Waals surface area contributed by atoms with E-state index in [2.05, 4.69) is 10.6 Å². The monoisotopic (exact) mass is 1280 g/mol. The normalized spacial score (nSPS) is 27.0. The number of nitrogens with zero attached hydrogens (tertiary/aromatic N) is 9. The van der Waals surface area contributed by atoms with Crippen LogP contribution in [-0.2, 0) is 65.3 Å². The Morgan fingerprint density at radius 1 is 0.644 bits per heavy atom. The molecule has 6 rings (SSSR count). The maximum atomic E-state index is 15.3. The third-order valence-electron chi connectivity index (χ3n) is 19.5. The van der Waals surface area contributed by atoms with Crippen LogP contribution in [-0.4, -0.2) is 227 Å². The van der Waals surface area contributed by atoms with E-state index in [1.54, 1.807) is 44.2 Å². The number of hydrogen-bond donors (Lipinski definition) is 2. The quantitative estimate of drug-likeness (QED) is 0.363. The fraction of sp³-hybridized carbons (Fsp3) is 0.641. The standard InChI is InChI=1S/C64H91ClF3N11O11/c1-15-37(2)52-59(87)74(11)40(5)56(84)78-32-31-48(78)58(86)75(12)53(42-21-19-22-42)60(88)71(8)35-49(80)69-47(30-28-41-27-29-45(46(65)34-41)64(66,67)68)57(85)79(44-25-17-16-18-26-44)36-51(82)77(14)63(6,7)62(90)76(13)54(43-23-20-24-43)61(89)72(9)38(3)33-50(81)73(10)39(4)55(83)70-52/h16-18,25-27,29,34,37-40,42-43,47-48,52-54H,15,19-24,28,30-33,35-36H2,1-14H3,(H,69,80)(H,70,83)/t37-,38+,39-,40-,47-,48?,52-,53-,54-/m0/s1. The van der Waals surface area contributed by atoms with E-state index in [0.717, 1.165) is 39.7 Å². The maximum Gasteiger partial charge on any atom is 0.417 e. The topological polar surface area (TPSA) is 241 Å². The molecule has 0 spiro atoms. The third kappa shape index (κ3) is 15.9. The Balaban J connectivity index is 1.38. The third-order valence-corrected chi connectivity index (χ3v) is 19.8. The SMILES string of the molecule is CC[C@H](C)[C@@H]1NC(=O)[C@H](C)N(C)C(=O)C[C@@H](C)N(C)C(=O)[C@H](C2CCC2)N(C)C(=O)C(C)(C)N(C)C(=O)CN(c2ccccc2)C(=O)[C@H](CCc2ccc(C(F)(F)F)c(Cl)c2)NC(=O)CN(C)C(=O)[C@H](C2CCC2)N(C)C(=O)C2CCN2C(=O)[C@H](C)N(C)C1=O. The minimum atomic E-state index is -4.76. The van der Waals surface area contributed by atoms with Crippen LogP contribution >= 0.6 is 11.6 Å². The van der Waals surface area contributed by atoms with Crippen LogP contribution in [0.5, 0.6) is 0 Å². The minimum Gasteiger partial charge on any atom is -0.343 e. The van der Waals surface area contributed by atoms with E-state index in [4.69, 9.17) is 11.6 Å². The molecule has 496 valence electrons. The van der Waals surface area contributed by atoms with Gasteiger partial charge in [-0.15, -0.1) is 0 Å². The number of nitrogens with one attached hydrogen (secondary N) is 2. The van der Waals surface area contributed by atoms with Gasteiger partial charge in [0.15, 0.2) is 0 Å². The lowest BCUT2D eigenvalue weighted by molar-refractivity contribution is -0.161. The molecule has 9 atom stereocenters. The van der Waals surface area contributed by atoms with Crippen LogP contribution in [0.3, 0.4) is 0 Å². The van der Waals surface area contributed by atoms with Gasteiger partial charge in [-0.2, -0.15) is 13.2 Å². The molecule has 1 unspecified atom stereocenters. The van der Waals surface area contributed by atoms with Crippen LogP contribution < -0.4 is 15.5 Å². The van der Waals surface area contributed by atoms with Crippen molar-refractivity contribution >= 4 is 82.3 Å². The molecule has 22 nitrogen and oxygen atoms in total. The molecule has 2 heterocycles. The highest BCUT2D eigenvalue weighted by Gasteiger charge is 2.49. The van der Waals surface area contributed by atoms with Gasteiger partial charge in [-0.1, -0.05) is 69.0 Å². The van der Waals surface area contributed by atoms with Crippen molar-refractivity contribution < 1.29 is 65.9 Å². The van der Waals surface area contributed by atoms with E-state index >= 15 is 4.79 Å². The summed E-state index contributed by atoms with van der Waals surface area (Å²) < 4.78 is 41.4. The van der Waals surface area contributed by atoms with Crippen LogP contribution in [0.15, 0.2) is 48.5 Å². The van der Waals surface area contributed by atoms with Crippen LogP contribution in [0.2, 0.25) is 5.02 Å². The van der Waals surface area contributed by atoms with Crippen LogP contribution in [0.4, 0.5) is 18.9 Å². The molecule has 4 aliphatic rings. The van der Waals surface area contributed by atoms with Gasteiger partial charge in [-0.3, -0.25) is 52.7 Å². The number of benzene rings is 2. The summed E-state index contributed by atoms with van der Waals surface area (Å²) in [5, 5.41) is 4.95. The number of para-hydroxylation sites is 1. The Morgan fingerprint density at radius 2 is 1.23 bits per heavy atom. The minimum absolute atomic E-state index is 0.116. The van der Waals surface area contributed by atoms with Crippen LogP contribution in [0, 0.1) is 17.8 Å². The van der Waals surface area contributed by atoms with Crippen LogP contribution in [0.1, 0.15) is 124 Å². The molecule has 2 aromatic rings. The molecule has 2 aliphatic heterocycles. The summed E-state index contributed by atoms with van der Waals surface area (Å²) in [5.74, 6) is -8.04. The second-order valence-corrected chi connectivity index (χ2v) is 26.0. The fourth-order valence-corrected chi connectivity index (χ4v) is 12.2. The van der Waals surface area contributed by atoms with Gasteiger partial charge in [0.1, 0.15) is 54.4 Å². The molecule has 2 saturated heterocycles. The summed E-state index contributed by atoms with van der Waals surface area (Å²) in [7, 11) is 10.0. The first-order valence-electron chi connectivity index (χ1n) is 31.0. The average molecular weight is 1280 g/mol. The average Bonchev–Trinajstić information content (AvgIpc) is 0.952. The Kier molecular flexibility index (Phi) is 23.7. The van der Waals surface area contributed by atoms with Gasteiger partial charge in [-0.25, -0.2) is 0 Å². The Labute approximate surface area is 531 Å². The van der Waals surface area contributed by atoms with E-state index in [0.29, 0.717) is 32.1 Å². The first-order chi connectivity index (χ1) is 42.1. The molecule has 2 saturated carbocycles. The van der Waals surface area contributed by atoms with Gasteiger partial charge in [0.25, 0.3) is 0 Å². The molecule has 2 N–H and O–H groups in total. The number of alkyl halides is 3. The second kappa shape index (κ2) is 29.8. The summed E-state index contributed by atoms with van der Waals surface area (Å²) in [6, 6.07) is 2.31. The summed E-state index contributed by atoms with van der Waals surface area (Å²) in [6.07, 6.45) is -0.799. The van der Waals surface area contributed by atoms with E-state index in [1.165, 1.54) is 112 Å². The zero-order valence-electron chi connectivity index (χ0n) is 54.4. The van der Waals surface area contributed by atoms with Crippen molar-refractivity contribution in [1.29, 1.82) is 0 Å². The lowest BCUT2D eigenvalue weighted by atomic mass is 9.78. The first kappa shape index (κ1) is 71.8. The predicted octanol–water partition coefficient (Wildman–Crippen LogP) is 4.84. The van der Waals surface area contributed by atoms with Crippen molar-refractivity contribution in [2.24, 2.45) is 17.8 Å². The Hall–Kier alpha value is -7.31. The molecule has 0 radical (unpaired) electrons. The number of aryl methyl sites for hydroxylation is 1. The Bertz CT molecular complexity index is 3020. The maximum absolute atomic E-state index is 15.3. The predicted molar refractivity (Wildman–Crippen MR) is 331 cm³/mol. The number of rotatable bonds is 8. The summed E-state index contributed by atoms with van der Waals surface area (Å²) in [6.45, 7) is 10.1. The fourth-order valence-electron chi connectivity index (χ4n) is 11.9. The van der Waals surface area contributed by atoms with E-state index in [9.17, 15) is 61.1 Å². The van der Waals surface area contributed by atoms with E-state index in [-0.39, 0.29) is 55.3 Å². The number of amides is 11. The van der Waals surface area contributed by atoms with Gasteiger partial charge in [-0.05, 0) is 127 Å². The molecule has 2 aliphatic carbocycles. The van der Waals surface area contributed by atoms with Crippen molar-refractivity contribution in [2.75, 3.05) is 73.9 Å². The largest absolute Gasteiger partial charge is 0.417 e. The van der Waals surface area contributed by atoms with Gasteiger partial charge < -0.3 is 54.7 Å². The van der Waals surface area contributed by atoms with E-state index < -0.39 is 155 Å². The number of hydrogen-bond acceptors (Lipinski definition) is 11. The molecule has 26 heteroatoms. The molecule has 4 fully saturated rings. The summed E-state index contributed by atoms with van der Waals surface area (Å²) in [5.41, 5.74) is -2.29. The van der Waals surface area contributed by atoms with E-state index in [1.807, 2.05) is 6.92 Å². The molecule has 2 aromatic carbocycles. The van der Waals surface area contributed by atoms with Gasteiger partial charge in [0.05, 0.1) is 17.1 Å². The number of carbonyl (C=O) groups excluding carboxylic acids is 11.